The minimum absolute atomic E-state index is 0.339. The lowest BCUT2D eigenvalue weighted by atomic mass is 9.98. The molecule has 0 radical (unpaired) electrons. The molecule has 0 spiro atoms. The Morgan fingerprint density at radius 1 is 1.30 bits per heavy atom. The van der Waals surface area contributed by atoms with Gasteiger partial charge in [0.1, 0.15) is 0 Å². The molecule has 1 N–H and O–H groups in total. The molecule has 112 valence electrons. The summed E-state index contributed by atoms with van der Waals surface area (Å²) in [6, 6.07) is 8.20. The van der Waals surface area contributed by atoms with E-state index in [-0.39, 0.29) is 0 Å². The molecule has 0 aliphatic carbocycles. The molecular weight excluding hydrogens is 278 g/mol. The second kappa shape index (κ2) is 6.76. The highest BCUT2D eigenvalue weighted by molar-refractivity contribution is 7.99. The van der Waals surface area contributed by atoms with Gasteiger partial charge in [0.15, 0.2) is 0 Å². The van der Waals surface area contributed by atoms with Crippen molar-refractivity contribution in [2.75, 3.05) is 18.0 Å². The zero-order valence-corrected chi connectivity index (χ0v) is 13.0. The number of nitrogens with zero attached hydrogens (tertiary/aromatic N) is 1. The molecule has 1 aliphatic heterocycles. The lowest BCUT2D eigenvalue weighted by Gasteiger charge is -2.43. The van der Waals surface area contributed by atoms with Gasteiger partial charge in [-0.15, -0.1) is 0 Å². The predicted molar refractivity (Wildman–Crippen MR) is 81.7 cm³/mol. The van der Waals surface area contributed by atoms with Gasteiger partial charge in [0.2, 0.25) is 0 Å². The molecule has 0 bridgehead atoms. The van der Waals surface area contributed by atoms with Crippen LogP contribution in [0, 0.1) is 5.92 Å². The van der Waals surface area contributed by atoms with Crippen LogP contribution in [0.5, 0.6) is 0 Å². The first-order valence-electron chi connectivity index (χ1n) is 7.03. The van der Waals surface area contributed by atoms with Crippen molar-refractivity contribution in [2.45, 2.75) is 43.5 Å². The Labute approximate surface area is 123 Å². The summed E-state index contributed by atoms with van der Waals surface area (Å²) in [6.07, 6.45) is 0. The summed E-state index contributed by atoms with van der Waals surface area (Å²) in [4.78, 5) is 2.96. The van der Waals surface area contributed by atoms with Crippen molar-refractivity contribution >= 4 is 17.4 Å². The van der Waals surface area contributed by atoms with E-state index in [1.54, 1.807) is 6.07 Å². The highest BCUT2D eigenvalue weighted by Gasteiger charge is 2.29. The van der Waals surface area contributed by atoms with Crippen LogP contribution in [0.3, 0.4) is 0 Å². The molecule has 5 heteroatoms. The highest BCUT2D eigenvalue weighted by atomic mass is 32.2. The highest BCUT2D eigenvalue weighted by Crippen LogP contribution is 2.36. The monoisotopic (exact) mass is 300 g/mol. The number of anilines is 1. The van der Waals surface area contributed by atoms with Gasteiger partial charge in [-0.25, -0.2) is 0 Å². The van der Waals surface area contributed by atoms with Gasteiger partial charge >= 0.3 is 0 Å². The van der Waals surface area contributed by atoms with E-state index in [9.17, 15) is 8.78 Å². The average Bonchev–Trinajstić information content (AvgIpc) is 2.38. The third kappa shape index (κ3) is 3.64. The maximum atomic E-state index is 12.7. The van der Waals surface area contributed by atoms with E-state index >= 15 is 0 Å². The van der Waals surface area contributed by atoms with Crippen molar-refractivity contribution in [3.63, 3.8) is 0 Å². The van der Waals surface area contributed by atoms with E-state index in [0.29, 0.717) is 34.7 Å². The van der Waals surface area contributed by atoms with Gasteiger partial charge in [-0.1, -0.05) is 37.7 Å². The van der Waals surface area contributed by atoms with Gasteiger partial charge in [0.05, 0.1) is 5.69 Å². The number of piperazine rings is 1. The van der Waals surface area contributed by atoms with Crippen molar-refractivity contribution in [1.29, 1.82) is 0 Å². The van der Waals surface area contributed by atoms with Gasteiger partial charge < -0.3 is 10.2 Å². The summed E-state index contributed by atoms with van der Waals surface area (Å²) >= 11 is 0.638. The fourth-order valence-corrected chi connectivity index (χ4v) is 3.34. The summed E-state index contributed by atoms with van der Waals surface area (Å²) in [7, 11) is 0. The Balaban J connectivity index is 2.31. The molecule has 1 heterocycles. The number of benzene rings is 1. The van der Waals surface area contributed by atoms with Gasteiger partial charge in [-0.2, -0.15) is 8.78 Å². The number of alkyl halides is 2. The quantitative estimate of drug-likeness (QED) is 0.851. The van der Waals surface area contributed by atoms with E-state index in [2.05, 4.69) is 31.0 Å². The van der Waals surface area contributed by atoms with E-state index in [1.165, 1.54) is 0 Å². The number of para-hydroxylation sites is 1. The standard InChI is InChI=1S/C15H22F2N2S/c1-10(2)13-8-18-11(3)9-19(13)12-6-4-5-7-14(12)20-15(16)17/h4-7,10-11,13,15,18H,8-9H2,1-3H3. The molecule has 20 heavy (non-hydrogen) atoms. The first kappa shape index (κ1) is 15.6. The third-order valence-corrected chi connectivity index (χ3v) is 4.48. The summed E-state index contributed by atoms with van der Waals surface area (Å²) in [5.41, 5.74) is 0.935. The first-order chi connectivity index (χ1) is 9.49. The molecule has 0 amide bonds. The number of hydrogen-bond acceptors (Lipinski definition) is 3. The minimum Gasteiger partial charge on any atom is -0.365 e. The molecule has 1 aromatic rings. The fourth-order valence-electron chi connectivity index (χ4n) is 2.69. The topological polar surface area (TPSA) is 15.3 Å². The maximum Gasteiger partial charge on any atom is 0.288 e. The zero-order valence-electron chi connectivity index (χ0n) is 12.1. The molecule has 2 rings (SSSR count). The number of nitrogens with one attached hydrogen (secondary N) is 1. The fraction of sp³-hybridized carbons (Fsp3) is 0.600. The lowest BCUT2D eigenvalue weighted by Crippen LogP contribution is -2.57. The molecule has 0 saturated carbocycles. The second-order valence-electron chi connectivity index (χ2n) is 5.62. The first-order valence-corrected chi connectivity index (χ1v) is 7.91. The number of hydrogen-bond donors (Lipinski definition) is 1. The van der Waals surface area contributed by atoms with Crippen molar-refractivity contribution in [1.82, 2.24) is 5.32 Å². The number of rotatable bonds is 4. The van der Waals surface area contributed by atoms with Crippen LogP contribution < -0.4 is 10.2 Å². The van der Waals surface area contributed by atoms with Crippen LogP contribution in [-0.4, -0.2) is 30.9 Å². The van der Waals surface area contributed by atoms with Crippen LogP contribution in [0.25, 0.3) is 0 Å². The molecule has 1 saturated heterocycles. The van der Waals surface area contributed by atoms with E-state index < -0.39 is 5.76 Å². The van der Waals surface area contributed by atoms with Crippen LogP contribution in [0.2, 0.25) is 0 Å². The number of thioether (sulfide) groups is 1. The average molecular weight is 300 g/mol. The van der Waals surface area contributed by atoms with E-state index in [1.807, 2.05) is 18.2 Å². The normalized spacial score (nSPS) is 23.6. The van der Waals surface area contributed by atoms with Crippen molar-refractivity contribution in [2.24, 2.45) is 5.92 Å². The molecule has 1 aromatic carbocycles. The van der Waals surface area contributed by atoms with Gasteiger partial charge in [0, 0.05) is 30.1 Å². The molecule has 1 aliphatic rings. The third-order valence-electron chi connectivity index (χ3n) is 3.71. The summed E-state index contributed by atoms with van der Waals surface area (Å²) in [5.74, 6) is -1.91. The SMILES string of the molecule is CC1CN(c2ccccc2SC(F)F)C(C(C)C)CN1. The smallest absolute Gasteiger partial charge is 0.288 e. The minimum atomic E-state index is -2.38. The van der Waals surface area contributed by atoms with E-state index in [0.717, 1.165) is 18.8 Å². The Kier molecular flexibility index (Phi) is 5.27. The Bertz CT molecular complexity index is 440. The molecule has 0 aromatic heterocycles. The summed E-state index contributed by atoms with van der Waals surface area (Å²) < 4.78 is 25.5. The van der Waals surface area contributed by atoms with Crippen LogP contribution in [-0.2, 0) is 0 Å². The number of halogens is 2. The molecule has 1 fully saturated rings. The molecular formula is C15H22F2N2S. The zero-order chi connectivity index (χ0) is 14.7. The van der Waals surface area contributed by atoms with Crippen molar-refractivity contribution < 1.29 is 8.78 Å². The van der Waals surface area contributed by atoms with Gasteiger partial charge in [-0.05, 0) is 25.0 Å². The summed E-state index contributed by atoms with van der Waals surface area (Å²) in [6.45, 7) is 8.24. The largest absolute Gasteiger partial charge is 0.365 e. The Morgan fingerprint density at radius 2 is 2.00 bits per heavy atom. The predicted octanol–water partition coefficient (Wildman–Crippen LogP) is 3.82. The molecule has 2 unspecified atom stereocenters. The molecule has 2 atom stereocenters. The lowest BCUT2D eigenvalue weighted by molar-refractivity contribution is 0.252. The van der Waals surface area contributed by atoms with Crippen LogP contribution in [0.1, 0.15) is 20.8 Å². The van der Waals surface area contributed by atoms with E-state index in [4.69, 9.17) is 0 Å². The van der Waals surface area contributed by atoms with Crippen LogP contribution in [0.15, 0.2) is 29.2 Å². The Morgan fingerprint density at radius 3 is 2.65 bits per heavy atom. The van der Waals surface area contributed by atoms with Gasteiger partial charge in [0.25, 0.3) is 5.76 Å². The maximum absolute atomic E-state index is 12.7. The second-order valence-corrected chi connectivity index (χ2v) is 6.65. The van der Waals surface area contributed by atoms with Crippen LogP contribution >= 0.6 is 11.8 Å². The molecule has 2 nitrogen and oxygen atoms in total. The Hall–Kier alpha value is -0.810. The van der Waals surface area contributed by atoms with Gasteiger partial charge in [-0.3, -0.25) is 0 Å². The van der Waals surface area contributed by atoms with Crippen LogP contribution in [0.4, 0.5) is 14.5 Å². The van der Waals surface area contributed by atoms with Crippen molar-refractivity contribution in [3.05, 3.63) is 24.3 Å². The van der Waals surface area contributed by atoms with Crippen molar-refractivity contribution in [3.8, 4) is 0 Å². The summed E-state index contributed by atoms with van der Waals surface area (Å²) in [5, 5.41) is 3.48.